The lowest BCUT2D eigenvalue weighted by Crippen LogP contribution is -2.25. The highest BCUT2D eigenvalue weighted by Crippen LogP contribution is 2.26. The Morgan fingerprint density at radius 1 is 1.33 bits per heavy atom. The molecule has 0 unspecified atom stereocenters. The lowest BCUT2D eigenvalue weighted by Gasteiger charge is -2.06. The third-order valence-corrected chi connectivity index (χ3v) is 3.20. The topological polar surface area (TPSA) is 83.0 Å². The van der Waals surface area contributed by atoms with Crippen LogP contribution in [0.25, 0.3) is 0 Å². The molecule has 2 aromatic rings. The van der Waals surface area contributed by atoms with Crippen LogP contribution in [0.1, 0.15) is 12.5 Å². The summed E-state index contributed by atoms with van der Waals surface area (Å²) in [5.74, 6) is 0.126. The van der Waals surface area contributed by atoms with Crippen molar-refractivity contribution in [3.8, 4) is 11.5 Å². The van der Waals surface area contributed by atoms with E-state index in [2.05, 4.69) is 15.8 Å². The Kier molecular flexibility index (Phi) is 6.45. The molecule has 0 heterocycles. The summed E-state index contributed by atoms with van der Waals surface area (Å²) in [5.41, 5.74) is 3.78. The summed E-state index contributed by atoms with van der Waals surface area (Å²) in [4.78, 5) is 11.7. The fourth-order valence-corrected chi connectivity index (χ4v) is 2.08. The van der Waals surface area contributed by atoms with E-state index in [0.29, 0.717) is 22.9 Å². The fraction of sp³-hybridized carbons (Fsp3) is 0.176. The van der Waals surface area contributed by atoms with E-state index >= 15 is 0 Å². The minimum absolute atomic E-state index is 0.0229. The van der Waals surface area contributed by atoms with E-state index in [9.17, 15) is 9.90 Å². The first-order valence-electron chi connectivity index (χ1n) is 7.35. The van der Waals surface area contributed by atoms with Gasteiger partial charge in [-0.1, -0.05) is 17.7 Å². The van der Waals surface area contributed by atoms with Crippen LogP contribution in [0.5, 0.6) is 11.5 Å². The predicted molar refractivity (Wildman–Crippen MR) is 95.0 cm³/mol. The van der Waals surface area contributed by atoms with Crippen LogP contribution in [0.4, 0.5) is 5.69 Å². The number of phenols is 1. The van der Waals surface area contributed by atoms with Crippen molar-refractivity contribution in [1.29, 1.82) is 0 Å². The van der Waals surface area contributed by atoms with Gasteiger partial charge in [0.15, 0.2) is 11.5 Å². The highest BCUT2D eigenvalue weighted by Gasteiger charge is 2.03. The van der Waals surface area contributed by atoms with E-state index in [1.54, 1.807) is 30.3 Å². The third-order valence-electron chi connectivity index (χ3n) is 2.96. The minimum atomic E-state index is -0.304. The zero-order valence-corrected chi connectivity index (χ0v) is 13.9. The van der Waals surface area contributed by atoms with Gasteiger partial charge in [0, 0.05) is 10.7 Å². The molecule has 126 valence electrons. The first-order valence-corrected chi connectivity index (χ1v) is 7.73. The molecule has 0 bridgehead atoms. The van der Waals surface area contributed by atoms with Crippen molar-refractivity contribution >= 4 is 29.4 Å². The maximum absolute atomic E-state index is 11.7. The number of rotatable bonds is 7. The molecule has 3 N–H and O–H groups in total. The molecule has 1 amide bonds. The van der Waals surface area contributed by atoms with E-state index in [1.807, 2.05) is 13.0 Å². The second-order valence-electron chi connectivity index (χ2n) is 4.82. The van der Waals surface area contributed by atoms with Crippen molar-refractivity contribution in [1.82, 2.24) is 5.43 Å². The SMILES string of the molecule is CCOc1ccc(/C=N\NC(=O)CNc2cccc(Cl)c2)cc1O. The lowest BCUT2D eigenvalue weighted by atomic mass is 10.2. The summed E-state index contributed by atoms with van der Waals surface area (Å²) < 4.78 is 5.23. The van der Waals surface area contributed by atoms with Gasteiger partial charge in [-0.05, 0) is 48.9 Å². The number of anilines is 1. The molecule has 0 atom stereocenters. The highest BCUT2D eigenvalue weighted by atomic mass is 35.5. The van der Waals surface area contributed by atoms with Crippen molar-refractivity contribution in [3.63, 3.8) is 0 Å². The maximum Gasteiger partial charge on any atom is 0.259 e. The Labute approximate surface area is 145 Å². The quantitative estimate of drug-likeness (QED) is 0.531. The molecule has 24 heavy (non-hydrogen) atoms. The van der Waals surface area contributed by atoms with Gasteiger partial charge in [-0.3, -0.25) is 4.79 Å². The van der Waals surface area contributed by atoms with Crippen LogP contribution in [0.2, 0.25) is 5.02 Å². The second-order valence-corrected chi connectivity index (χ2v) is 5.25. The maximum atomic E-state index is 11.7. The van der Waals surface area contributed by atoms with Gasteiger partial charge in [0.05, 0.1) is 19.4 Å². The highest BCUT2D eigenvalue weighted by molar-refractivity contribution is 6.30. The standard InChI is InChI=1S/C17H18ClN3O3/c1-2-24-16-7-6-12(8-15(16)22)10-20-21-17(23)11-19-14-5-3-4-13(18)9-14/h3-10,19,22H,2,11H2,1H3,(H,21,23)/b20-10-. The molecule has 0 aliphatic carbocycles. The fourth-order valence-electron chi connectivity index (χ4n) is 1.89. The van der Waals surface area contributed by atoms with Crippen molar-refractivity contribution < 1.29 is 14.6 Å². The number of benzene rings is 2. The van der Waals surface area contributed by atoms with Crippen LogP contribution in [-0.4, -0.2) is 30.4 Å². The zero-order chi connectivity index (χ0) is 17.4. The van der Waals surface area contributed by atoms with Crippen LogP contribution in [0.15, 0.2) is 47.6 Å². The molecule has 2 aromatic carbocycles. The van der Waals surface area contributed by atoms with E-state index in [-0.39, 0.29) is 18.2 Å². The van der Waals surface area contributed by atoms with Gasteiger partial charge < -0.3 is 15.2 Å². The molecule has 0 aromatic heterocycles. The molecule has 0 spiro atoms. The van der Waals surface area contributed by atoms with Gasteiger partial charge in [-0.25, -0.2) is 5.43 Å². The molecule has 0 aliphatic heterocycles. The monoisotopic (exact) mass is 347 g/mol. The summed E-state index contributed by atoms with van der Waals surface area (Å²) in [6, 6.07) is 12.0. The molecule has 0 radical (unpaired) electrons. The van der Waals surface area contributed by atoms with Crippen molar-refractivity contribution in [3.05, 3.63) is 53.1 Å². The van der Waals surface area contributed by atoms with Crippen LogP contribution in [0, 0.1) is 0 Å². The smallest absolute Gasteiger partial charge is 0.259 e. The second kappa shape index (κ2) is 8.79. The van der Waals surface area contributed by atoms with Crippen LogP contribution < -0.4 is 15.5 Å². The van der Waals surface area contributed by atoms with E-state index < -0.39 is 0 Å². The third kappa shape index (κ3) is 5.48. The molecule has 2 rings (SSSR count). The van der Waals surface area contributed by atoms with E-state index in [4.69, 9.17) is 16.3 Å². The molecule has 6 nitrogen and oxygen atoms in total. The van der Waals surface area contributed by atoms with Crippen LogP contribution in [0.3, 0.4) is 0 Å². The summed E-state index contributed by atoms with van der Waals surface area (Å²) >= 11 is 5.86. The first-order chi connectivity index (χ1) is 11.6. The van der Waals surface area contributed by atoms with Gasteiger partial charge >= 0.3 is 0 Å². The van der Waals surface area contributed by atoms with E-state index in [0.717, 1.165) is 5.69 Å². The largest absolute Gasteiger partial charge is 0.504 e. The Morgan fingerprint density at radius 2 is 2.17 bits per heavy atom. The molecule has 0 aliphatic rings. The normalized spacial score (nSPS) is 10.6. The van der Waals surface area contributed by atoms with Gasteiger partial charge in [-0.15, -0.1) is 0 Å². The number of hydrogen-bond acceptors (Lipinski definition) is 5. The summed E-state index contributed by atoms with van der Waals surface area (Å²) in [6.07, 6.45) is 1.44. The number of nitrogens with zero attached hydrogens (tertiary/aromatic N) is 1. The number of halogens is 1. The number of amides is 1. The average Bonchev–Trinajstić information content (AvgIpc) is 2.56. The minimum Gasteiger partial charge on any atom is -0.504 e. The van der Waals surface area contributed by atoms with Crippen LogP contribution >= 0.6 is 11.6 Å². The summed E-state index contributed by atoms with van der Waals surface area (Å²) in [6.45, 7) is 2.37. The number of aromatic hydroxyl groups is 1. The number of hydrazone groups is 1. The zero-order valence-electron chi connectivity index (χ0n) is 13.1. The van der Waals surface area contributed by atoms with Gasteiger partial charge in [0.1, 0.15) is 0 Å². The predicted octanol–water partition coefficient (Wildman–Crippen LogP) is 3.01. The lowest BCUT2D eigenvalue weighted by molar-refractivity contribution is -0.119. The number of nitrogens with one attached hydrogen (secondary N) is 2. The first kappa shape index (κ1) is 17.6. The van der Waals surface area contributed by atoms with Crippen molar-refractivity contribution in [2.24, 2.45) is 5.10 Å². The van der Waals surface area contributed by atoms with Gasteiger partial charge in [0.2, 0.25) is 0 Å². The number of phenolic OH excluding ortho intramolecular Hbond substituents is 1. The summed E-state index contributed by atoms with van der Waals surface area (Å²) in [7, 11) is 0. The molecule has 0 saturated carbocycles. The molecule has 0 saturated heterocycles. The van der Waals surface area contributed by atoms with Gasteiger partial charge in [0.25, 0.3) is 5.91 Å². The Balaban J connectivity index is 1.82. The Bertz CT molecular complexity index is 735. The van der Waals surface area contributed by atoms with Crippen LogP contribution in [-0.2, 0) is 4.79 Å². The van der Waals surface area contributed by atoms with Gasteiger partial charge in [-0.2, -0.15) is 5.10 Å². The van der Waals surface area contributed by atoms with E-state index in [1.165, 1.54) is 12.3 Å². The Hall–Kier alpha value is -2.73. The molecule has 0 fully saturated rings. The molecule has 7 heteroatoms. The Morgan fingerprint density at radius 3 is 2.88 bits per heavy atom. The molecular weight excluding hydrogens is 330 g/mol. The van der Waals surface area contributed by atoms with Crippen molar-refractivity contribution in [2.75, 3.05) is 18.5 Å². The van der Waals surface area contributed by atoms with Crippen molar-refractivity contribution in [2.45, 2.75) is 6.92 Å². The number of hydrogen-bond donors (Lipinski definition) is 3. The number of carbonyl (C=O) groups excluding carboxylic acids is 1. The number of ether oxygens (including phenoxy) is 1. The number of carbonyl (C=O) groups is 1. The molecular formula is C17H18ClN3O3. The summed E-state index contributed by atoms with van der Waals surface area (Å²) in [5, 5.41) is 17.1. The average molecular weight is 348 g/mol.